The van der Waals surface area contributed by atoms with Crippen LogP contribution in [-0.2, 0) is 6.42 Å². The second-order valence-corrected chi connectivity index (χ2v) is 5.78. The van der Waals surface area contributed by atoms with Crippen molar-refractivity contribution in [2.24, 2.45) is 0 Å². The Balaban J connectivity index is 2.28. The molecule has 0 radical (unpaired) electrons. The molecule has 2 aromatic rings. The van der Waals surface area contributed by atoms with E-state index in [2.05, 4.69) is 21.2 Å². The van der Waals surface area contributed by atoms with Crippen LogP contribution < -0.4 is 5.32 Å². The number of hydrogen-bond acceptors (Lipinski definition) is 1. The average Bonchev–Trinajstić information content (AvgIpc) is 2.43. The maximum Gasteiger partial charge on any atom is 0.142 e. The fourth-order valence-electron chi connectivity index (χ4n) is 2.03. The van der Waals surface area contributed by atoms with Crippen LogP contribution in [0.15, 0.2) is 40.9 Å². The van der Waals surface area contributed by atoms with Crippen LogP contribution in [-0.4, -0.2) is 7.05 Å². The van der Waals surface area contributed by atoms with Crippen LogP contribution in [0.2, 0.25) is 5.02 Å². The zero-order chi connectivity index (χ0) is 14.7. The number of likely N-dealkylation sites (N-methyl/N-ethyl adjacent to an activating group) is 1. The van der Waals surface area contributed by atoms with E-state index in [1.807, 2.05) is 24.3 Å². The molecule has 5 heteroatoms. The number of hydrogen-bond donors (Lipinski definition) is 1. The van der Waals surface area contributed by atoms with Gasteiger partial charge in [0.15, 0.2) is 0 Å². The van der Waals surface area contributed by atoms with Crippen molar-refractivity contribution in [1.82, 2.24) is 5.32 Å². The molecule has 2 rings (SSSR count). The molecule has 1 nitrogen and oxygen atoms in total. The van der Waals surface area contributed by atoms with E-state index in [0.29, 0.717) is 6.42 Å². The van der Waals surface area contributed by atoms with Crippen LogP contribution in [0.25, 0.3) is 0 Å². The van der Waals surface area contributed by atoms with E-state index in [4.69, 9.17) is 11.6 Å². The summed E-state index contributed by atoms with van der Waals surface area (Å²) in [5.74, 6) is -1.12. The summed E-state index contributed by atoms with van der Waals surface area (Å²) in [4.78, 5) is 0. The molecule has 0 aliphatic carbocycles. The standard InChI is InChI=1S/C15H13BrClF2N/c1-20-15(6-9-2-4-10(16)5-3-9)11-7-14(19)12(17)8-13(11)18/h2-5,7-8,15,20H,6H2,1H3. The Hall–Kier alpha value is -0.970. The molecule has 0 amide bonds. The highest BCUT2D eigenvalue weighted by molar-refractivity contribution is 9.10. The Bertz CT molecular complexity index is 602. The van der Waals surface area contributed by atoms with Gasteiger partial charge in [-0.2, -0.15) is 0 Å². The quantitative estimate of drug-likeness (QED) is 0.766. The molecule has 1 unspecified atom stereocenters. The molecule has 1 atom stereocenters. The summed E-state index contributed by atoms with van der Waals surface area (Å²) in [5, 5.41) is 2.80. The SMILES string of the molecule is CNC(Cc1ccc(Br)cc1)c1cc(F)c(Cl)cc1F. The third kappa shape index (κ3) is 3.57. The first-order chi connectivity index (χ1) is 9.51. The van der Waals surface area contributed by atoms with Crippen molar-refractivity contribution in [2.45, 2.75) is 12.5 Å². The minimum Gasteiger partial charge on any atom is -0.313 e. The van der Waals surface area contributed by atoms with E-state index in [-0.39, 0.29) is 16.6 Å². The molecule has 0 aromatic heterocycles. The largest absolute Gasteiger partial charge is 0.313 e. The maximum absolute atomic E-state index is 13.9. The summed E-state index contributed by atoms with van der Waals surface area (Å²) in [6.07, 6.45) is 0.557. The first kappa shape index (κ1) is 15.4. The Labute approximate surface area is 130 Å². The van der Waals surface area contributed by atoms with Crippen molar-refractivity contribution in [2.75, 3.05) is 7.05 Å². The fourth-order valence-corrected chi connectivity index (χ4v) is 2.44. The average molecular weight is 361 g/mol. The zero-order valence-electron chi connectivity index (χ0n) is 10.8. The van der Waals surface area contributed by atoms with Crippen LogP contribution in [0.1, 0.15) is 17.2 Å². The van der Waals surface area contributed by atoms with Crippen LogP contribution in [0, 0.1) is 11.6 Å². The van der Waals surface area contributed by atoms with Gasteiger partial charge >= 0.3 is 0 Å². The second-order valence-electron chi connectivity index (χ2n) is 4.46. The van der Waals surface area contributed by atoms with E-state index in [9.17, 15) is 8.78 Å². The Morgan fingerprint density at radius 2 is 1.80 bits per heavy atom. The van der Waals surface area contributed by atoms with Gasteiger partial charge in [-0.3, -0.25) is 0 Å². The van der Waals surface area contributed by atoms with Gasteiger partial charge in [-0.25, -0.2) is 8.78 Å². The smallest absolute Gasteiger partial charge is 0.142 e. The lowest BCUT2D eigenvalue weighted by atomic mass is 9.98. The summed E-state index contributed by atoms with van der Waals surface area (Å²) < 4.78 is 28.4. The topological polar surface area (TPSA) is 12.0 Å². The lowest BCUT2D eigenvalue weighted by Gasteiger charge is -2.18. The third-order valence-corrected chi connectivity index (χ3v) is 3.93. The van der Waals surface area contributed by atoms with E-state index >= 15 is 0 Å². The molecule has 106 valence electrons. The molecule has 20 heavy (non-hydrogen) atoms. The number of nitrogens with one attached hydrogen (secondary N) is 1. The van der Waals surface area contributed by atoms with Crippen molar-refractivity contribution in [3.05, 3.63) is 68.7 Å². The monoisotopic (exact) mass is 359 g/mol. The van der Waals surface area contributed by atoms with Gasteiger partial charge in [0.1, 0.15) is 11.6 Å². The van der Waals surface area contributed by atoms with Gasteiger partial charge in [0, 0.05) is 16.1 Å². The van der Waals surface area contributed by atoms with Gasteiger partial charge in [0.05, 0.1) is 5.02 Å². The fraction of sp³-hybridized carbons (Fsp3) is 0.200. The van der Waals surface area contributed by atoms with Crippen molar-refractivity contribution < 1.29 is 8.78 Å². The summed E-state index contributed by atoms with van der Waals surface area (Å²) in [6.45, 7) is 0. The molecule has 0 saturated heterocycles. The summed E-state index contributed by atoms with van der Waals surface area (Å²) in [6, 6.07) is 9.57. The summed E-state index contributed by atoms with van der Waals surface area (Å²) in [5.41, 5.74) is 1.31. The predicted octanol–water partition coefficient (Wildman–Crippen LogP) is 4.88. The summed E-state index contributed by atoms with van der Waals surface area (Å²) in [7, 11) is 1.72. The molecule has 0 aliphatic rings. The van der Waals surface area contributed by atoms with E-state index in [1.165, 1.54) is 0 Å². The van der Waals surface area contributed by atoms with Gasteiger partial charge in [-0.15, -0.1) is 0 Å². The van der Waals surface area contributed by atoms with Crippen molar-refractivity contribution in [3.8, 4) is 0 Å². The van der Waals surface area contributed by atoms with Crippen LogP contribution in [0.3, 0.4) is 0 Å². The first-order valence-electron chi connectivity index (χ1n) is 6.07. The molecular formula is C15H13BrClF2N. The lowest BCUT2D eigenvalue weighted by Crippen LogP contribution is -2.20. The van der Waals surface area contributed by atoms with E-state index in [0.717, 1.165) is 22.2 Å². The second kappa shape index (κ2) is 6.66. The molecule has 0 fully saturated rings. The van der Waals surface area contributed by atoms with Crippen molar-refractivity contribution in [1.29, 1.82) is 0 Å². The molecule has 0 aliphatic heterocycles. The molecule has 0 spiro atoms. The molecule has 0 heterocycles. The van der Waals surface area contributed by atoms with Gasteiger partial charge in [-0.1, -0.05) is 39.7 Å². The number of halogens is 4. The van der Waals surface area contributed by atoms with E-state index in [1.54, 1.807) is 7.05 Å². The Morgan fingerprint density at radius 3 is 2.40 bits per heavy atom. The van der Waals surface area contributed by atoms with Crippen molar-refractivity contribution in [3.63, 3.8) is 0 Å². The molecule has 2 aromatic carbocycles. The highest BCUT2D eigenvalue weighted by Gasteiger charge is 2.17. The predicted molar refractivity (Wildman–Crippen MR) is 81.0 cm³/mol. The zero-order valence-corrected chi connectivity index (χ0v) is 13.1. The molecule has 1 N–H and O–H groups in total. The van der Waals surface area contributed by atoms with E-state index < -0.39 is 11.6 Å². The Morgan fingerprint density at radius 1 is 1.15 bits per heavy atom. The highest BCUT2D eigenvalue weighted by Crippen LogP contribution is 2.26. The lowest BCUT2D eigenvalue weighted by molar-refractivity contribution is 0.523. The first-order valence-corrected chi connectivity index (χ1v) is 7.24. The van der Waals surface area contributed by atoms with Gasteiger partial charge in [0.2, 0.25) is 0 Å². The van der Waals surface area contributed by atoms with Crippen molar-refractivity contribution >= 4 is 27.5 Å². The Kier molecular flexibility index (Phi) is 5.13. The maximum atomic E-state index is 13.9. The molecular weight excluding hydrogens is 348 g/mol. The normalized spacial score (nSPS) is 12.4. The molecule has 0 saturated carbocycles. The van der Waals surface area contributed by atoms with Gasteiger partial charge in [-0.05, 0) is 43.3 Å². The van der Waals surface area contributed by atoms with Gasteiger partial charge in [0.25, 0.3) is 0 Å². The third-order valence-electron chi connectivity index (χ3n) is 3.12. The number of rotatable bonds is 4. The summed E-state index contributed by atoms with van der Waals surface area (Å²) >= 11 is 8.93. The minimum atomic E-state index is -0.612. The number of benzene rings is 2. The van der Waals surface area contributed by atoms with Gasteiger partial charge < -0.3 is 5.32 Å². The molecule has 0 bridgehead atoms. The highest BCUT2D eigenvalue weighted by atomic mass is 79.9. The van der Waals surface area contributed by atoms with Crippen LogP contribution in [0.4, 0.5) is 8.78 Å². The van der Waals surface area contributed by atoms with Crippen LogP contribution >= 0.6 is 27.5 Å². The van der Waals surface area contributed by atoms with Crippen LogP contribution in [0.5, 0.6) is 0 Å². The minimum absolute atomic E-state index is 0.204.